The lowest BCUT2D eigenvalue weighted by atomic mass is 9.87. The first-order valence-electron chi connectivity index (χ1n) is 9.33. The molecule has 0 saturated carbocycles. The SMILES string of the molecule is Cc1nc(NC(=O)N2C[C@H](F)C[C@H]2C(N)=S)sc1-c1ccnc(C(C)(C)C(F)(F)F)c1. The molecule has 31 heavy (non-hydrogen) atoms. The molecular formula is C19H21F4N5OS2. The highest BCUT2D eigenvalue weighted by Gasteiger charge is 2.49. The van der Waals surface area contributed by atoms with Gasteiger partial charge in [0.25, 0.3) is 0 Å². The number of aromatic nitrogens is 2. The average molecular weight is 476 g/mol. The van der Waals surface area contributed by atoms with E-state index in [1.54, 1.807) is 13.0 Å². The number of aryl methyl sites for hydroxylation is 1. The molecule has 1 aliphatic heterocycles. The van der Waals surface area contributed by atoms with Gasteiger partial charge in [0.1, 0.15) is 11.6 Å². The van der Waals surface area contributed by atoms with Crippen LogP contribution in [0.25, 0.3) is 10.4 Å². The number of carbonyl (C=O) groups excluding carboxylic acids is 1. The van der Waals surface area contributed by atoms with Crippen LogP contribution in [-0.4, -0.2) is 50.8 Å². The van der Waals surface area contributed by atoms with Gasteiger partial charge in [0.05, 0.1) is 33.8 Å². The monoisotopic (exact) mass is 475 g/mol. The van der Waals surface area contributed by atoms with Crippen molar-refractivity contribution in [2.75, 3.05) is 11.9 Å². The Morgan fingerprint density at radius 1 is 1.39 bits per heavy atom. The van der Waals surface area contributed by atoms with Crippen LogP contribution < -0.4 is 11.1 Å². The number of rotatable bonds is 4. The van der Waals surface area contributed by atoms with Gasteiger partial charge in [-0.3, -0.25) is 10.3 Å². The largest absolute Gasteiger partial charge is 0.399 e. The number of urea groups is 1. The summed E-state index contributed by atoms with van der Waals surface area (Å²) in [6.07, 6.45) is -4.34. The molecule has 2 aromatic heterocycles. The van der Waals surface area contributed by atoms with E-state index in [4.69, 9.17) is 18.0 Å². The van der Waals surface area contributed by atoms with Crippen molar-refractivity contribution in [2.45, 2.75) is 51.0 Å². The van der Waals surface area contributed by atoms with Crippen LogP contribution in [0.5, 0.6) is 0 Å². The molecule has 2 atom stereocenters. The molecule has 12 heteroatoms. The van der Waals surface area contributed by atoms with E-state index in [9.17, 15) is 22.4 Å². The second-order valence-corrected chi connectivity index (χ2v) is 9.29. The number of hydrogen-bond acceptors (Lipinski definition) is 5. The normalized spacial score (nSPS) is 19.5. The fourth-order valence-electron chi connectivity index (χ4n) is 3.22. The number of anilines is 1. The van der Waals surface area contributed by atoms with Gasteiger partial charge < -0.3 is 10.6 Å². The predicted molar refractivity (Wildman–Crippen MR) is 115 cm³/mol. The molecule has 0 radical (unpaired) electrons. The molecule has 0 aliphatic carbocycles. The van der Waals surface area contributed by atoms with E-state index in [0.717, 1.165) is 25.2 Å². The van der Waals surface area contributed by atoms with E-state index in [2.05, 4.69) is 15.3 Å². The molecule has 2 amide bonds. The Morgan fingerprint density at radius 3 is 2.68 bits per heavy atom. The summed E-state index contributed by atoms with van der Waals surface area (Å²) in [5, 5.41) is 2.84. The number of pyridine rings is 1. The number of thiocarbonyl (C=S) groups is 1. The third-order valence-electron chi connectivity index (χ3n) is 5.22. The summed E-state index contributed by atoms with van der Waals surface area (Å²) >= 11 is 6.02. The number of halogens is 4. The van der Waals surface area contributed by atoms with Crippen LogP contribution in [0.4, 0.5) is 27.5 Å². The van der Waals surface area contributed by atoms with Crippen LogP contribution in [-0.2, 0) is 5.41 Å². The van der Waals surface area contributed by atoms with Crippen LogP contribution in [0.15, 0.2) is 18.3 Å². The zero-order valence-corrected chi connectivity index (χ0v) is 18.6. The maximum atomic E-state index is 13.8. The molecule has 2 aromatic rings. The lowest BCUT2D eigenvalue weighted by Gasteiger charge is -2.27. The minimum atomic E-state index is -4.47. The Hall–Kier alpha value is -2.34. The maximum absolute atomic E-state index is 13.8. The number of amides is 2. The van der Waals surface area contributed by atoms with Gasteiger partial charge in [-0.15, -0.1) is 0 Å². The van der Waals surface area contributed by atoms with Crippen molar-refractivity contribution in [1.82, 2.24) is 14.9 Å². The smallest absolute Gasteiger partial charge is 0.392 e. The number of nitrogens with one attached hydrogen (secondary N) is 1. The van der Waals surface area contributed by atoms with Crippen molar-refractivity contribution in [3.8, 4) is 10.4 Å². The summed E-state index contributed by atoms with van der Waals surface area (Å²) in [4.78, 5) is 22.6. The predicted octanol–water partition coefficient (Wildman–Crippen LogP) is 4.58. The molecule has 3 heterocycles. The number of hydrogen-bond donors (Lipinski definition) is 2. The second-order valence-electron chi connectivity index (χ2n) is 7.82. The molecule has 1 saturated heterocycles. The van der Waals surface area contributed by atoms with Crippen molar-refractivity contribution < 1.29 is 22.4 Å². The molecule has 6 nitrogen and oxygen atoms in total. The highest BCUT2D eigenvalue weighted by molar-refractivity contribution is 7.80. The number of thiazole rings is 1. The quantitative estimate of drug-likeness (QED) is 0.499. The van der Waals surface area contributed by atoms with Gasteiger partial charge in [-0.05, 0) is 38.5 Å². The number of nitrogens with zero attached hydrogens (tertiary/aromatic N) is 3. The molecular weight excluding hydrogens is 454 g/mol. The Bertz CT molecular complexity index is 1010. The summed E-state index contributed by atoms with van der Waals surface area (Å²) in [5.74, 6) is 0. The van der Waals surface area contributed by atoms with E-state index in [0.29, 0.717) is 16.1 Å². The molecule has 3 rings (SSSR count). The average Bonchev–Trinajstić information content (AvgIpc) is 3.23. The Morgan fingerprint density at radius 2 is 2.06 bits per heavy atom. The van der Waals surface area contributed by atoms with E-state index in [1.807, 2.05) is 0 Å². The molecule has 168 valence electrons. The second kappa shape index (κ2) is 8.30. The standard InChI is InChI=1S/C19H21F4N5OS2/c1-9-14(10-4-5-25-13(6-10)18(2,3)19(21,22)23)31-16(26-9)27-17(29)28-8-11(20)7-12(28)15(24)30/h4-6,11-12H,7-8H2,1-3H3,(H2,24,30)(H,26,27,29)/t11-,12+/m1/s1. The van der Waals surface area contributed by atoms with Gasteiger partial charge in [-0.25, -0.2) is 14.2 Å². The molecule has 3 N–H and O–H groups in total. The van der Waals surface area contributed by atoms with Crippen LogP contribution >= 0.6 is 23.6 Å². The molecule has 0 bridgehead atoms. The van der Waals surface area contributed by atoms with E-state index < -0.39 is 29.8 Å². The lowest BCUT2D eigenvalue weighted by molar-refractivity contribution is -0.181. The van der Waals surface area contributed by atoms with Gasteiger partial charge in [0.15, 0.2) is 5.13 Å². The van der Waals surface area contributed by atoms with Crippen molar-refractivity contribution in [2.24, 2.45) is 5.73 Å². The topological polar surface area (TPSA) is 84.1 Å². The van der Waals surface area contributed by atoms with Crippen molar-refractivity contribution in [3.05, 3.63) is 29.7 Å². The van der Waals surface area contributed by atoms with E-state index in [1.165, 1.54) is 17.2 Å². The van der Waals surface area contributed by atoms with E-state index >= 15 is 0 Å². The number of carbonyl (C=O) groups is 1. The summed E-state index contributed by atoms with van der Waals surface area (Å²) in [6.45, 7) is 3.68. The third kappa shape index (κ3) is 4.64. The molecule has 0 spiro atoms. The molecule has 1 aliphatic rings. The summed E-state index contributed by atoms with van der Waals surface area (Å²) < 4.78 is 53.9. The fourth-order valence-corrected chi connectivity index (χ4v) is 4.39. The highest BCUT2D eigenvalue weighted by atomic mass is 32.1. The van der Waals surface area contributed by atoms with Crippen LogP contribution in [0.1, 0.15) is 31.7 Å². The summed E-state index contributed by atoms with van der Waals surface area (Å²) in [5.41, 5.74) is 4.38. The minimum absolute atomic E-state index is 0.0305. The number of nitrogens with two attached hydrogens (primary N) is 1. The molecule has 0 unspecified atom stereocenters. The lowest BCUT2D eigenvalue weighted by Crippen LogP contribution is -2.44. The van der Waals surface area contributed by atoms with E-state index in [-0.39, 0.29) is 28.8 Å². The molecule has 0 aromatic carbocycles. The Kier molecular flexibility index (Phi) is 6.25. The van der Waals surface area contributed by atoms with Crippen molar-refractivity contribution in [1.29, 1.82) is 0 Å². The highest BCUT2D eigenvalue weighted by Crippen LogP contribution is 2.41. The summed E-state index contributed by atoms with van der Waals surface area (Å²) in [7, 11) is 0. The zero-order valence-electron chi connectivity index (χ0n) is 17.0. The summed E-state index contributed by atoms with van der Waals surface area (Å²) in [6, 6.07) is 1.68. The van der Waals surface area contributed by atoms with Gasteiger partial charge in [0.2, 0.25) is 0 Å². The zero-order chi connectivity index (χ0) is 23.1. The van der Waals surface area contributed by atoms with Crippen molar-refractivity contribution in [3.63, 3.8) is 0 Å². The molecule has 1 fully saturated rings. The first kappa shape index (κ1) is 23.3. The van der Waals surface area contributed by atoms with Crippen LogP contribution in [0.2, 0.25) is 0 Å². The first-order valence-corrected chi connectivity index (χ1v) is 10.6. The maximum Gasteiger partial charge on any atom is 0.399 e. The Balaban J connectivity index is 1.84. The number of likely N-dealkylation sites (tertiary alicyclic amines) is 1. The van der Waals surface area contributed by atoms with Crippen molar-refractivity contribution >= 4 is 39.7 Å². The van der Waals surface area contributed by atoms with Crippen LogP contribution in [0, 0.1) is 6.92 Å². The third-order valence-corrected chi connectivity index (χ3v) is 6.61. The van der Waals surface area contributed by atoms with Crippen LogP contribution in [0.3, 0.4) is 0 Å². The fraction of sp³-hybridized carbons (Fsp3) is 0.474. The van der Waals surface area contributed by atoms with Gasteiger partial charge in [0, 0.05) is 12.6 Å². The minimum Gasteiger partial charge on any atom is -0.392 e. The van der Waals surface area contributed by atoms with Gasteiger partial charge >= 0.3 is 12.2 Å². The Labute approximate surface area is 185 Å². The van der Waals surface area contributed by atoms with Gasteiger partial charge in [-0.2, -0.15) is 13.2 Å². The number of alkyl halides is 4. The first-order chi connectivity index (χ1) is 14.3. The van der Waals surface area contributed by atoms with Gasteiger partial charge in [-0.1, -0.05) is 23.6 Å².